The molecule has 0 amide bonds. The van der Waals surface area contributed by atoms with Crippen molar-refractivity contribution in [1.82, 2.24) is 19.7 Å². The number of nitrogens with zero attached hydrogens (tertiary/aromatic N) is 3. The zero-order valence-electron chi connectivity index (χ0n) is 11.3. The number of nitrogens with one attached hydrogen (secondary N) is 1. The molecule has 0 radical (unpaired) electrons. The smallest absolute Gasteiger partial charge is 0.279 e. The molecule has 0 spiro atoms. The molecule has 0 aliphatic carbocycles. The van der Waals surface area contributed by atoms with Crippen molar-refractivity contribution in [2.75, 3.05) is 7.11 Å². The van der Waals surface area contributed by atoms with Crippen molar-refractivity contribution >= 4 is 11.0 Å². The SMILES string of the molecule is COc1ccc(Cn2cc3nc(C)[nH]c(=O)c3n2)cc1. The van der Waals surface area contributed by atoms with Crippen LogP contribution in [0.1, 0.15) is 11.4 Å². The Hall–Kier alpha value is -2.63. The maximum atomic E-state index is 11.8. The molecule has 0 bridgehead atoms. The van der Waals surface area contributed by atoms with Crippen molar-refractivity contribution in [1.29, 1.82) is 0 Å². The lowest BCUT2D eigenvalue weighted by molar-refractivity contribution is 0.414. The van der Waals surface area contributed by atoms with E-state index < -0.39 is 0 Å². The third-order valence-electron chi connectivity index (χ3n) is 3.04. The lowest BCUT2D eigenvalue weighted by Crippen LogP contribution is -2.09. The number of methoxy groups -OCH3 is 1. The molecule has 6 nitrogen and oxygen atoms in total. The molecule has 0 saturated carbocycles. The number of hydrogen-bond acceptors (Lipinski definition) is 4. The molecule has 2 aromatic heterocycles. The Morgan fingerprint density at radius 1 is 1.30 bits per heavy atom. The van der Waals surface area contributed by atoms with E-state index in [0.29, 0.717) is 23.4 Å². The fourth-order valence-corrected chi connectivity index (χ4v) is 2.09. The van der Waals surface area contributed by atoms with Crippen LogP contribution >= 0.6 is 0 Å². The van der Waals surface area contributed by atoms with Crippen LogP contribution in [0.3, 0.4) is 0 Å². The Labute approximate surface area is 115 Å². The summed E-state index contributed by atoms with van der Waals surface area (Å²) in [5.74, 6) is 1.40. The van der Waals surface area contributed by atoms with E-state index in [1.54, 1.807) is 24.9 Å². The predicted octanol–water partition coefficient (Wildman–Crippen LogP) is 1.48. The largest absolute Gasteiger partial charge is 0.497 e. The first-order chi connectivity index (χ1) is 9.65. The number of benzene rings is 1. The van der Waals surface area contributed by atoms with Crippen LogP contribution in [-0.4, -0.2) is 26.9 Å². The van der Waals surface area contributed by atoms with Crippen LogP contribution < -0.4 is 10.3 Å². The zero-order valence-corrected chi connectivity index (χ0v) is 11.3. The minimum Gasteiger partial charge on any atom is -0.497 e. The maximum Gasteiger partial charge on any atom is 0.279 e. The van der Waals surface area contributed by atoms with Gasteiger partial charge in [0.1, 0.15) is 17.1 Å². The topological polar surface area (TPSA) is 72.8 Å². The Morgan fingerprint density at radius 2 is 2.05 bits per heavy atom. The second-order valence-corrected chi connectivity index (χ2v) is 4.56. The summed E-state index contributed by atoms with van der Waals surface area (Å²) < 4.78 is 6.83. The highest BCUT2D eigenvalue weighted by molar-refractivity contribution is 5.71. The molecular formula is C14H14N4O2. The predicted molar refractivity (Wildman–Crippen MR) is 75.0 cm³/mol. The summed E-state index contributed by atoms with van der Waals surface area (Å²) in [4.78, 5) is 18.7. The summed E-state index contributed by atoms with van der Waals surface area (Å²) in [6, 6.07) is 7.73. The fourth-order valence-electron chi connectivity index (χ4n) is 2.09. The number of rotatable bonds is 3. The van der Waals surface area contributed by atoms with E-state index in [2.05, 4.69) is 15.1 Å². The molecule has 102 valence electrons. The van der Waals surface area contributed by atoms with Crippen LogP contribution in [0.15, 0.2) is 35.3 Å². The molecule has 0 aliphatic rings. The summed E-state index contributed by atoms with van der Waals surface area (Å²) in [5, 5.41) is 4.27. The van der Waals surface area contributed by atoms with Crippen molar-refractivity contribution in [2.24, 2.45) is 0 Å². The first-order valence-electron chi connectivity index (χ1n) is 6.23. The van der Waals surface area contributed by atoms with Crippen LogP contribution in [-0.2, 0) is 6.54 Å². The average Bonchev–Trinajstić information content (AvgIpc) is 2.82. The molecule has 2 heterocycles. The highest BCUT2D eigenvalue weighted by Gasteiger charge is 2.07. The Balaban J connectivity index is 1.94. The standard InChI is InChI=1S/C14H14N4O2/c1-9-15-12-8-18(17-13(12)14(19)16-9)7-10-3-5-11(20-2)6-4-10/h3-6,8H,7H2,1-2H3,(H,15,16,19). The third-order valence-corrected chi connectivity index (χ3v) is 3.04. The first-order valence-corrected chi connectivity index (χ1v) is 6.23. The number of hydrogen-bond donors (Lipinski definition) is 1. The van der Waals surface area contributed by atoms with E-state index in [4.69, 9.17) is 4.74 Å². The molecule has 3 aromatic rings. The minimum absolute atomic E-state index is 0.207. The van der Waals surface area contributed by atoms with E-state index >= 15 is 0 Å². The van der Waals surface area contributed by atoms with Crippen LogP contribution in [0.5, 0.6) is 5.75 Å². The van der Waals surface area contributed by atoms with E-state index in [-0.39, 0.29) is 5.56 Å². The van der Waals surface area contributed by atoms with Gasteiger partial charge in [0, 0.05) is 0 Å². The van der Waals surface area contributed by atoms with Crippen molar-refractivity contribution < 1.29 is 4.74 Å². The number of H-pyrrole nitrogens is 1. The van der Waals surface area contributed by atoms with E-state index in [9.17, 15) is 4.79 Å². The summed E-state index contributed by atoms with van der Waals surface area (Å²) in [5.41, 5.74) is 1.84. The number of aromatic amines is 1. The first kappa shape index (κ1) is 12.4. The fraction of sp³-hybridized carbons (Fsp3) is 0.214. The van der Waals surface area contributed by atoms with Gasteiger partial charge in [0.25, 0.3) is 5.56 Å². The van der Waals surface area contributed by atoms with Gasteiger partial charge in [0.2, 0.25) is 0 Å². The highest BCUT2D eigenvalue weighted by atomic mass is 16.5. The Morgan fingerprint density at radius 3 is 2.75 bits per heavy atom. The quantitative estimate of drug-likeness (QED) is 0.782. The van der Waals surface area contributed by atoms with Gasteiger partial charge in [-0.3, -0.25) is 9.48 Å². The number of aryl methyl sites for hydroxylation is 1. The van der Waals surface area contributed by atoms with Gasteiger partial charge in [-0.15, -0.1) is 0 Å². The van der Waals surface area contributed by atoms with Crippen LogP contribution in [0.4, 0.5) is 0 Å². The van der Waals surface area contributed by atoms with Crippen molar-refractivity contribution in [2.45, 2.75) is 13.5 Å². The molecule has 0 unspecified atom stereocenters. The molecule has 0 saturated heterocycles. The number of aromatic nitrogens is 4. The molecule has 0 aliphatic heterocycles. The van der Waals surface area contributed by atoms with E-state index in [1.807, 2.05) is 24.3 Å². The molecule has 3 rings (SSSR count). The van der Waals surface area contributed by atoms with Gasteiger partial charge >= 0.3 is 0 Å². The highest BCUT2D eigenvalue weighted by Crippen LogP contribution is 2.13. The lowest BCUT2D eigenvalue weighted by atomic mass is 10.2. The average molecular weight is 270 g/mol. The lowest BCUT2D eigenvalue weighted by Gasteiger charge is -2.03. The van der Waals surface area contributed by atoms with Gasteiger partial charge in [0.05, 0.1) is 19.9 Å². The summed E-state index contributed by atoms with van der Waals surface area (Å²) >= 11 is 0. The molecule has 6 heteroatoms. The third kappa shape index (κ3) is 2.27. The zero-order chi connectivity index (χ0) is 14.1. The minimum atomic E-state index is -0.207. The second kappa shape index (κ2) is 4.80. The van der Waals surface area contributed by atoms with E-state index in [0.717, 1.165) is 11.3 Å². The van der Waals surface area contributed by atoms with Gasteiger partial charge < -0.3 is 9.72 Å². The van der Waals surface area contributed by atoms with Gasteiger partial charge in [-0.05, 0) is 24.6 Å². The Bertz CT molecular complexity index is 802. The van der Waals surface area contributed by atoms with E-state index in [1.165, 1.54) is 0 Å². The van der Waals surface area contributed by atoms with Crippen LogP contribution in [0.2, 0.25) is 0 Å². The maximum absolute atomic E-state index is 11.8. The monoisotopic (exact) mass is 270 g/mol. The molecular weight excluding hydrogens is 256 g/mol. The number of fused-ring (bicyclic) bond motifs is 1. The second-order valence-electron chi connectivity index (χ2n) is 4.56. The van der Waals surface area contributed by atoms with Crippen molar-refractivity contribution in [3.05, 3.63) is 52.2 Å². The Kier molecular flexibility index (Phi) is 2.98. The molecule has 1 N–H and O–H groups in total. The summed E-state index contributed by atoms with van der Waals surface area (Å²) in [6.45, 7) is 2.33. The van der Waals surface area contributed by atoms with Gasteiger partial charge in [0.15, 0.2) is 5.52 Å². The molecule has 0 atom stereocenters. The molecule has 20 heavy (non-hydrogen) atoms. The summed E-state index contributed by atoms with van der Waals surface area (Å²) in [6.07, 6.45) is 1.78. The van der Waals surface area contributed by atoms with Crippen molar-refractivity contribution in [3.63, 3.8) is 0 Å². The van der Waals surface area contributed by atoms with Crippen LogP contribution in [0, 0.1) is 6.92 Å². The normalized spacial score (nSPS) is 10.9. The van der Waals surface area contributed by atoms with Crippen LogP contribution in [0.25, 0.3) is 11.0 Å². The van der Waals surface area contributed by atoms with Gasteiger partial charge in [-0.25, -0.2) is 4.98 Å². The van der Waals surface area contributed by atoms with Gasteiger partial charge in [-0.1, -0.05) is 12.1 Å². The van der Waals surface area contributed by atoms with Gasteiger partial charge in [-0.2, -0.15) is 5.10 Å². The molecule has 1 aromatic carbocycles. The van der Waals surface area contributed by atoms with Crippen molar-refractivity contribution in [3.8, 4) is 5.75 Å². The number of ether oxygens (including phenoxy) is 1. The molecule has 0 fully saturated rings. The summed E-state index contributed by atoms with van der Waals surface area (Å²) in [7, 11) is 1.63.